The van der Waals surface area contributed by atoms with E-state index in [0.29, 0.717) is 5.92 Å². The molecule has 2 aliphatic rings. The molecule has 2 unspecified atom stereocenters. The van der Waals surface area contributed by atoms with Gasteiger partial charge in [-0.25, -0.2) is 0 Å². The molecule has 1 spiro atoms. The van der Waals surface area contributed by atoms with Crippen molar-refractivity contribution in [3.05, 3.63) is 35.9 Å². The van der Waals surface area contributed by atoms with Crippen LogP contribution in [-0.2, 0) is 9.47 Å². The molecular formula is C18H26O3. The number of rotatable bonds is 4. The summed E-state index contributed by atoms with van der Waals surface area (Å²) in [5, 5.41) is 10.3. The van der Waals surface area contributed by atoms with Gasteiger partial charge in [0.15, 0.2) is 0 Å². The number of hydrogen-bond acceptors (Lipinski definition) is 3. The predicted molar refractivity (Wildman–Crippen MR) is 82.1 cm³/mol. The summed E-state index contributed by atoms with van der Waals surface area (Å²) in [5.74, 6) is 0.676. The molecule has 2 saturated heterocycles. The average molecular weight is 290 g/mol. The molecule has 0 aromatic heterocycles. The van der Waals surface area contributed by atoms with Gasteiger partial charge in [-0.15, -0.1) is 0 Å². The smallest absolute Gasteiger partial charge is 0.0790 e. The second kappa shape index (κ2) is 6.91. The van der Waals surface area contributed by atoms with Gasteiger partial charge in [-0.2, -0.15) is 0 Å². The molecule has 1 N–H and O–H groups in total. The molecule has 0 amide bonds. The van der Waals surface area contributed by atoms with E-state index in [0.717, 1.165) is 63.9 Å². The van der Waals surface area contributed by atoms with Crippen LogP contribution in [0.25, 0.3) is 0 Å². The van der Waals surface area contributed by atoms with Crippen molar-refractivity contribution in [2.24, 2.45) is 5.92 Å². The third kappa shape index (κ3) is 3.85. The summed E-state index contributed by atoms with van der Waals surface area (Å²) in [7, 11) is 0. The van der Waals surface area contributed by atoms with Gasteiger partial charge >= 0.3 is 0 Å². The Morgan fingerprint density at radius 3 is 2.67 bits per heavy atom. The largest absolute Gasteiger partial charge is 0.388 e. The van der Waals surface area contributed by atoms with Crippen molar-refractivity contribution in [3.63, 3.8) is 0 Å². The first-order chi connectivity index (χ1) is 10.3. The van der Waals surface area contributed by atoms with Crippen LogP contribution in [0.2, 0.25) is 0 Å². The SMILES string of the molecule is OC(CCC1CCOC2(CCOCC2)C1)c1ccccc1. The molecule has 21 heavy (non-hydrogen) atoms. The quantitative estimate of drug-likeness (QED) is 0.922. The van der Waals surface area contributed by atoms with Gasteiger partial charge in [-0.05, 0) is 50.0 Å². The first-order valence-electron chi connectivity index (χ1n) is 8.22. The summed E-state index contributed by atoms with van der Waals surface area (Å²) < 4.78 is 11.6. The van der Waals surface area contributed by atoms with E-state index in [-0.39, 0.29) is 11.7 Å². The first-order valence-corrected chi connectivity index (χ1v) is 8.22. The normalized spacial score (nSPS) is 26.6. The molecule has 3 heteroatoms. The minimum Gasteiger partial charge on any atom is -0.388 e. The fourth-order valence-electron chi connectivity index (χ4n) is 3.70. The van der Waals surface area contributed by atoms with Gasteiger partial charge in [-0.3, -0.25) is 0 Å². The van der Waals surface area contributed by atoms with Crippen molar-refractivity contribution in [3.8, 4) is 0 Å². The Morgan fingerprint density at radius 1 is 1.14 bits per heavy atom. The highest BCUT2D eigenvalue weighted by Gasteiger charge is 2.38. The third-order valence-corrected chi connectivity index (χ3v) is 5.03. The van der Waals surface area contributed by atoms with E-state index in [1.54, 1.807) is 0 Å². The number of aliphatic hydroxyl groups is 1. The molecule has 0 bridgehead atoms. The topological polar surface area (TPSA) is 38.7 Å². The zero-order chi connectivity index (χ0) is 14.5. The van der Waals surface area contributed by atoms with Gasteiger partial charge in [0.25, 0.3) is 0 Å². The maximum atomic E-state index is 10.3. The minimum absolute atomic E-state index is 0.0683. The lowest BCUT2D eigenvalue weighted by molar-refractivity contribution is -0.148. The highest BCUT2D eigenvalue weighted by Crippen LogP contribution is 2.39. The van der Waals surface area contributed by atoms with Crippen molar-refractivity contribution in [1.29, 1.82) is 0 Å². The van der Waals surface area contributed by atoms with Gasteiger partial charge in [0, 0.05) is 19.8 Å². The molecule has 1 aromatic rings. The van der Waals surface area contributed by atoms with Crippen LogP contribution < -0.4 is 0 Å². The summed E-state index contributed by atoms with van der Waals surface area (Å²) in [4.78, 5) is 0. The van der Waals surface area contributed by atoms with E-state index >= 15 is 0 Å². The summed E-state index contributed by atoms with van der Waals surface area (Å²) in [6.07, 6.45) is 5.93. The van der Waals surface area contributed by atoms with Crippen LogP contribution in [0, 0.1) is 5.92 Å². The van der Waals surface area contributed by atoms with Gasteiger partial charge in [-0.1, -0.05) is 30.3 Å². The van der Waals surface area contributed by atoms with E-state index in [4.69, 9.17) is 9.47 Å². The lowest BCUT2D eigenvalue weighted by Gasteiger charge is -2.43. The molecule has 3 rings (SSSR count). The molecule has 2 aliphatic heterocycles. The van der Waals surface area contributed by atoms with E-state index in [1.807, 2.05) is 30.3 Å². The summed E-state index contributed by atoms with van der Waals surface area (Å²) in [6.45, 7) is 2.53. The molecule has 0 aliphatic carbocycles. The molecule has 2 fully saturated rings. The van der Waals surface area contributed by atoms with Crippen LogP contribution >= 0.6 is 0 Å². The fraction of sp³-hybridized carbons (Fsp3) is 0.667. The summed E-state index contributed by atoms with van der Waals surface area (Å²) in [5.41, 5.74) is 1.10. The van der Waals surface area contributed by atoms with Crippen LogP contribution in [-0.4, -0.2) is 30.5 Å². The van der Waals surface area contributed by atoms with Crippen molar-refractivity contribution in [2.45, 2.75) is 50.2 Å². The lowest BCUT2D eigenvalue weighted by atomic mass is 9.78. The Labute approximate surface area is 127 Å². The molecular weight excluding hydrogens is 264 g/mol. The average Bonchev–Trinajstić information content (AvgIpc) is 2.54. The van der Waals surface area contributed by atoms with Crippen molar-refractivity contribution >= 4 is 0 Å². The summed E-state index contributed by atoms with van der Waals surface area (Å²) in [6, 6.07) is 9.99. The first kappa shape index (κ1) is 15.0. The van der Waals surface area contributed by atoms with E-state index in [1.165, 1.54) is 0 Å². The van der Waals surface area contributed by atoms with Crippen molar-refractivity contribution < 1.29 is 14.6 Å². The monoisotopic (exact) mass is 290 g/mol. The van der Waals surface area contributed by atoms with Crippen LogP contribution in [0.3, 0.4) is 0 Å². The Bertz CT molecular complexity index is 420. The van der Waals surface area contributed by atoms with Gasteiger partial charge < -0.3 is 14.6 Å². The number of benzene rings is 1. The minimum atomic E-state index is -0.334. The van der Waals surface area contributed by atoms with Gasteiger partial charge in [0.1, 0.15) is 0 Å². The van der Waals surface area contributed by atoms with Crippen LogP contribution in [0.5, 0.6) is 0 Å². The molecule has 1 aromatic carbocycles. The lowest BCUT2D eigenvalue weighted by Crippen LogP contribution is -2.44. The third-order valence-electron chi connectivity index (χ3n) is 5.03. The molecule has 3 nitrogen and oxygen atoms in total. The fourth-order valence-corrected chi connectivity index (χ4v) is 3.70. The Kier molecular flexibility index (Phi) is 4.94. The zero-order valence-electron chi connectivity index (χ0n) is 12.7. The molecule has 0 radical (unpaired) electrons. The van der Waals surface area contributed by atoms with Crippen LogP contribution in [0.1, 0.15) is 50.2 Å². The van der Waals surface area contributed by atoms with Crippen molar-refractivity contribution in [2.75, 3.05) is 19.8 Å². The number of aliphatic hydroxyl groups excluding tert-OH is 1. The second-order valence-electron chi connectivity index (χ2n) is 6.51. The van der Waals surface area contributed by atoms with Crippen LogP contribution in [0.15, 0.2) is 30.3 Å². The molecule has 2 atom stereocenters. The maximum absolute atomic E-state index is 10.3. The number of hydrogen-bond donors (Lipinski definition) is 1. The Hall–Kier alpha value is -0.900. The van der Waals surface area contributed by atoms with Crippen LogP contribution in [0.4, 0.5) is 0 Å². The molecule has 116 valence electrons. The molecule has 0 saturated carbocycles. The molecule has 2 heterocycles. The van der Waals surface area contributed by atoms with E-state index in [9.17, 15) is 5.11 Å². The van der Waals surface area contributed by atoms with Gasteiger partial charge in [0.05, 0.1) is 11.7 Å². The van der Waals surface area contributed by atoms with Crippen molar-refractivity contribution in [1.82, 2.24) is 0 Å². The Balaban J connectivity index is 1.51. The summed E-state index contributed by atoms with van der Waals surface area (Å²) >= 11 is 0. The standard InChI is InChI=1S/C18H26O3/c19-17(16-4-2-1-3-5-16)7-6-15-8-11-21-18(14-15)9-12-20-13-10-18/h1-5,15,17,19H,6-14H2. The number of ether oxygens (including phenoxy) is 2. The predicted octanol–water partition coefficient (Wildman–Crippen LogP) is 3.48. The van der Waals surface area contributed by atoms with Gasteiger partial charge in [0.2, 0.25) is 0 Å². The van der Waals surface area contributed by atoms with E-state index in [2.05, 4.69) is 0 Å². The highest BCUT2D eigenvalue weighted by molar-refractivity contribution is 5.17. The Morgan fingerprint density at radius 2 is 1.90 bits per heavy atom. The van der Waals surface area contributed by atoms with E-state index < -0.39 is 0 Å². The second-order valence-corrected chi connectivity index (χ2v) is 6.51. The zero-order valence-corrected chi connectivity index (χ0v) is 12.7. The maximum Gasteiger partial charge on any atom is 0.0790 e. The highest BCUT2D eigenvalue weighted by atomic mass is 16.5.